The van der Waals surface area contributed by atoms with Crippen molar-refractivity contribution in [3.63, 3.8) is 0 Å². The molecule has 21 heavy (non-hydrogen) atoms. The number of morpholine rings is 1. The molecule has 0 spiro atoms. The van der Waals surface area contributed by atoms with Crippen LogP contribution < -0.4 is 4.74 Å². The zero-order chi connectivity index (χ0) is 15.2. The summed E-state index contributed by atoms with van der Waals surface area (Å²) in [7, 11) is 0. The maximum absolute atomic E-state index is 11.1. The third kappa shape index (κ3) is 4.72. The van der Waals surface area contributed by atoms with Crippen LogP contribution in [0.25, 0.3) is 0 Å². The molecule has 1 aliphatic rings. The van der Waals surface area contributed by atoms with Gasteiger partial charge in [0, 0.05) is 19.6 Å². The SMILES string of the molecule is CC1CN(CCCOc2ccccc2C(=O)O)CC(C)O1. The fourth-order valence-electron chi connectivity index (χ4n) is 2.71. The van der Waals surface area contributed by atoms with E-state index in [1.165, 1.54) is 0 Å². The van der Waals surface area contributed by atoms with Crippen LogP contribution in [0.5, 0.6) is 5.75 Å². The summed E-state index contributed by atoms with van der Waals surface area (Å²) in [4.78, 5) is 13.4. The lowest BCUT2D eigenvalue weighted by atomic mass is 10.2. The molecule has 1 saturated heterocycles. The molecule has 0 amide bonds. The molecule has 1 N–H and O–H groups in total. The van der Waals surface area contributed by atoms with Gasteiger partial charge >= 0.3 is 5.97 Å². The van der Waals surface area contributed by atoms with Gasteiger partial charge < -0.3 is 14.6 Å². The van der Waals surface area contributed by atoms with Gasteiger partial charge in [-0.3, -0.25) is 4.90 Å². The third-order valence-electron chi connectivity index (χ3n) is 3.49. The number of carboxylic acids is 1. The van der Waals surface area contributed by atoms with E-state index in [0.29, 0.717) is 12.4 Å². The van der Waals surface area contributed by atoms with Crippen LogP contribution in [0.1, 0.15) is 30.6 Å². The number of para-hydroxylation sites is 1. The summed E-state index contributed by atoms with van der Waals surface area (Å²) in [6, 6.07) is 6.74. The molecular formula is C16H23NO4. The van der Waals surface area contributed by atoms with Crippen LogP contribution >= 0.6 is 0 Å². The van der Waals surface area contributed by atoms with Gasteiger partial charge in [-0.15, -0.1) is 0 Å². The minimum Gasteiger partial charge on any atom is -0.493 e. The Kier molecular flexibility index (Phi) is 5.59. The number of benzene rings is 1. The average molecular weight is 293 g/mol. The summed E-state index contributed by atoms with van der Waals surface area (Å²) in [5.74, 6) is -0.518. The van der Waals surface area contributed by atoms with Gasteiger partial charge in [0.05, 0.1) is 18.8 Å². The molecule has 0 radical (unpaired) electrons. The van der Waals surface area contributed by atoms with E-state index in [4.69, 9.17) is 14.6 Å². The number of aromatic carboxylic acids is 1. The lowest BCUT2D eigenvalue weighted by molar-refractivity contribution is -0.0686. The molecule has 2 rings (SSSR count). The highest BCUT2D eigenvalue weighted by atomic mass is 16.5. The van der Waals surface area contributed by atoms with Gasteiger partial charge in [-0.1, -0.05) is 12.1 Å². The Labute approximate surface area is 125 Å². The third-order valence-corrected chi connectivity index (χ3v) is 3.49. The molecule has 1 fully saturated rings. The number of nitrogens with zero attached hydrogens (tertiary/aromatic N) is 1. The van der Waals surface area contributed by atoms with Gasteiger partial charge in [0.1, 0.15) is 11.3 Å². The van der Waals surface area contributed by atoms with E-state index in [2.05, 4.69) is 18.7 Å². The van der Waals surface area contributed by atoms with Crippen molar-refractivity contribution in [1.29, 1.82) is 0 Å². The van der Waals surface area contributed by atoms with E-state index in [9.17, 15) is 4.79 Å². The van der Waals surface area contributed by atoms with E-state index < -0.39 is 5.97 Å². The van der Waals surface area contributed by atoms with Gasteiger partial charge in [-0.2, -0.15) is 0 Å². The van der Waals surface area contributed by atoms with Gasteiger partial charge in [-0.05, 0) is 32.4 Å². The molecule has 2 atom stereocenters. The second-order valence-electron chi connectivity index (χ2n) is 5.52. The zero-order valence-corrected chi connectivity index (χ0v) is 12.6. The largest absolute Gasteiger partial charge is 0.493 e. The van der Waals surface area contributed by atoms with Crippen LogP contribution in [0.4, 0.5) is 0 Å². The lowest BCUT2D eigenvalue weighted by Gasteiger charge is -2.35. The number of ether oxygens (including phenoxy) is 2. The first kappa shape index (κ1) is 15.8. The molecule has 1 heterocycles. The first-order chi connectivity index (χ1) is 10.1. The van der Waals surface area contributed by atoms with Gasteiger partial charge in [0.15, 0.2) is 0 Å². The molecule has 5 nitrogen and oxygen atoms in total. The maximum Gasteiger partial charge on any atom is 0.339 e. The summed E-state index contributed by atoms with van der Waals surface area (Å²) < 4.78 is 11.3. The van der Waals surface area contributed by atoms with Crippen molar-refractivity contribution in [2.24, 2.45) is 0 Å². The van der Waals surface area contributed by atoms with Crippen molar-refractivity contribution in [2.45, 2.75) is 32.5 Å². The zero-order valence-electron chi connectivity index (χ0n) is 12.6. The van der Waals surface area contributed by atoms with Crippen molar-refractivity contribution in [3.8, 4) is 5.75 Å². The normalized spacial score (nSPS) is 23.0. The maximum atomic E-state index is 11.1. The molecule has 5 heteroatoms. The Morgan fingerprint density at radius 2 is 2.00 bits per heavy atom. The van der Waals surface area contributed by atoms with Gasteiger partial charge in [0.25, 0.3) is 0 Å². The topological polar surface area (TPSA) is 59.0 Å². The van der Waals surface area contributed by atoms with E-state index in [1.54, 1.807) is 24.3 Å². The van der Waals surface area contributed by atoms with Crippen LogP contribution in [0, 0.1) is 0 Å². The molecule has 116 valence electrons. The summed E-state index contributed by atoms with van der Waals surface area (Å²) >= 11 is 0. The van der Waals surface area contributed by atoms with Crippen LogP contribution in [-0.2, 0) is 4.74 Å². The Balaban J connectivity index is 1.76. The van der Waals surface area contributed by atoms with Crippen molar-refractivity contribution in [3.05, 3.63) is 29.8 Å². The monoisotopic (exact) mass is 293 g/mol. The lowest BCUT2D eigenvalue weighted by Crippen LogP contribution is -2.45. The van der Waals surface area contributed by atoms with Crippen molar-refractivity contribution in [2.75, 3.05) is 26.2 Å². The Morgan fingerprint density at radius 3 is 2.67 bits per heavy atom. The standard InChI is InChI=1S/C16H23NO4/c1-12-10-17(11-13(2)21-12)8-5-9-20-15-7-4-3-6-14(15)16(18)19/h3-4,6-7,12-13H,5,8-11H2,1-2H3,(H,18,19). The number of carboxylic acid groups (broad SMARTS) is 1. The highest BCUT2D eigenvalue weighted by Gasteiger charge is 2.21. The fourth-order valence-corrected chi connectivity index (χ4v) is 2.71. The molecule has 0 aromatic heterocycles. The minimum atomic E-state index is -0.957. The molecule has 0 aliphatic carbocycles. The van der Waals surface area contributed by atoms with Crippen LogP contribution in [0.3, 0.4) is 0 Å². The molecule has 0 saturated carbocycles. The van der Waals surface area contributed by atoms with E-state index in [1.807, 2.05) is 0 Å². The molecule has 1 aliphatic heterocycles. The van der Waals surface area contributed by atoms with Gasteiger partial charge in [-0.25, -0.2) is 4.79 Å². The van der Waals surface area contributed by atoms with Crippen LogP contribution in [-0.4, -0.2) is 54.4 Å². The number of carbonyl (C=O) groups is 1. The molecular weight excluding hydrogens is 270 g/mol. The summed E-state index contributed by atoms with van der Waals surface area (Å²) in [5, 5.41) is 9.08. The minimum absolute atomic E-state index is 0.214. The summed E-state index contributed by atoms with van der Waals surface area (Å²) in [5.41, 5.74) is 0.214. The first-order valence-corrected chi connectivity index (χ1v) is 7.39. The Morgan fingerprint density at radius 1 is 1.33 bits per heavy atom. The van der Waals surface area contributed by atoms with Crippen LogP contribution in [0.15, 0.2) is 24.3 Å². The molecule has 1 aromatic rings. The summed E-state index contributed by atoms with van der Waals surface area (Å²) in [6.07, 6.45) is 1.40. The Bertz CT molecular complexity index is 467. The van der Waals surface area contributed by atoms with Crippen LogP contribution in [0.2, 0.25) is 0 Å². The van der Waals surface area contributed by atoms with Crippen molar-refractivity contribution in [1.82, 2.24) is 4.90 Å². The fraction of sp³-hybridized carbons (Fsp3) is 0.562. The second kappa shape index (κ2) is 7.43. The van der Waals surface area contributed by atoms with E-state index in [-0.39, 0.29) is 17.8 Å². The molecule has 0 bridgehead atoms. The predicted molar refractivity (Wildman–Crippen MR) is 80.0 cm³/mol. The Hall–Kier alpha value is -1.59. The predicted octanol–water partition coefficient (Wildman–Crippen LogP) is 2.26. The molecule has 1 aromatic carbocycles. The van der Waals surface area contributed by atoms with E-state index >= 15 is 0 Å². The van der Waals surface area contributed by atoms with Gasteiger partial charge in [0.2, 0.25) is 0 Å². The highest BCUT2D eigenvalue weighted by Crippen LogP contribution is 2.18. The van der Waals surface area contributed by atoms with Crippen molar-refractivity contribution >= 4 is 5.97 Å². The number of rotatable bonds is 6. The average Bonchev–Trinajstić information content (AvgIpc) is 2.43. The number of hydrogen-bond acceptors (Lipinski definition) is 4. The quantitative estimate of drug-likeness (QED) is 0.815. The number of hydrogen-bond donors (Lipinski definition) is 1. The first-order valence-electron chi connectivity index (χ1n) is 7.39. The summed E-state index contributed by atoms with van der Waals surface area (Å²) in [6.45, 7) is 7.51. The highest BCUT2D eigenvalue weighted by molar-refractivity contribution is 5.90. The van der Waals surface area contributed by atoms with Crippen molar-refractivity contribution < 1.29 is 19.4 Å². The van der Waals surface area contributed by atoms with E-state index in [0.717, 1.165) is 26.1 Å². The second-order valence-corrected chi connectivity index (χ2v) is 5.52. The molecule has 2 unspecified atom stereocenters. The smallest absolute Gasteiger partial charge is 0.339 e.